The number of ether oxygens (including phenoxy) is 1. The molecular weight excluding hydrogens is 280 g/mol. The molecule has 112 valence electrons. The first-order chi connectivity index (χ1) is 9.31. The molecule has 0 aliphatic carbocycles. The van der Waals surface area contributed by atoms with Gasteiger partial charge in [-0.05, 0) is 38.6 Å². The number of hydrogen-bond donors (Lipinski definition) is 2. The highest BCUT2D eigenvalue weighted by atomic mass is 32.2. The third kappa shape index (κ3) is 4.03. The molecule has 0 aliphatic heterocycles. The number of nitrogens with one attached hydrogen (secondary N) is 2. The van der Waals surface area contributed by atoms with Crippen LogP contribution in [0.25, 0.3) is 0 Å². The molecule has 0 saturated heterocycles. The molecule has 0 amide bonds. The number of hydrogen-bond acceptors (Lipinski definition) is 5. The SMILES string of the molecule is CNS(=O)(=O)c1ccc(C(C)NC(C)C(=O)OC)cc1. The molecule has 20 heavy (non-hydrogen) atoms. The predicted molar refractivity (Wildman–Crippen MR) is 75.7 cm³/mol. The highest BCUT2D eigenvalue weighted by Crippen LogP contribution is 2.16. The number of carbonyl (C=O) groups excluding carboxylic acids is 1. The summed E-state index contributed by atoms with van der Waals surface area (Å²) < 4.78 is 30.1. The topological polar surface area (TPSA) is 84.5 Å². The average molecular weight is 300 g/mol. The summed E-state index contributed by atoms with van der Waals surface area (Å²) >= 11 is 0. The van der Waals surface area contributed by atoms with E-state index in [0.29, 0.717) is 0 Å². The first-order valence-corrected chi connectivity index (χ1v) is 7.67. The molecule has 7 heteroatoms. The van der Waals surface area contributed by atoms with Crippen molar-refractivity contribution in [1.29, 1.82) is 0 Å². The summed E-state index contributed by atoms with van der Waals surface area (Å²) in [7, 11) is -0.723. The zero-order chi connectivity index (χ0) is 15.3. The van der Waals surface area contributed by atoms with E-state index in [-0.39, 0.29) is 16.9 Å². The van der Waals surface area contributed by atoms with Gasteiger partial charge in [0.15, 0.2) is 0 Å². The van der Waals surface area contributed by atoms with Gasteiger partial charge in [0.05, 0.1) is 12.0 Å². The number of sulfonamides is 1. The first-order valence-electron chi connectivity index (χ1n) is 6.19. The van der Waals surface area contributed by atoms with Crippen LogP contribution in [-0.4, -0.2) is 34.6 Å². The molecule has 0 aliphatic rings. The van der Waals surface area contributed by atoms with E-state index in [1.165, 1.54) is 26.3 Å². The summed E-state index contributed by atoms with van der Waals surface area (Å²) in [5.74, 6) is -0.341. The molecule has 0 aromatic heterocycles. The van der Waals surface area contributed by atoms with Crippen molar-refractivity contribution < 1.29 is 17.9 Å². The van der Waals surface area contributed by atoms with E-state index < -0.39 is 16.1 Å². The third-order valence-corrected chi connectivity index (χ3v) is 4.44. The lowest BCUT2D eigenvalue weighted by molar-refractivity contribution is -0.142. The highest BCUT2D eigenvalue weighted by molar-refractivity contribution is 7.89. The molecule has 1 aromatic carbocycles. The number of benzene rings is 1. The van der Waals surface area contributed by atoms with Crippen LogP contribution in [0.3, 0.4) is 0 Å². The summed E-state index contributed by atoms with van der Waals surface area (Å²) in [5, 5.41) is 3.08. The normalized spacial score (nSPS) is 14.6. The smallest absolute Gasteiger partial charge is 0.322 e. The quantitative estimate of drug-likeness (QED) is 0.759. The van der Waals surface area contributed by atoms with E-state index in [9.17, 15) is 13.2 Å². The summed E-state index contributed by atoms with van der Waals surface area (Å²) in [6.45, 7) is 3.60. The van der Waals surface area contributed by atoms with Gasteiger partial charge in [0.1, 0.15) is 6.04 Å². The van der Waals surface area contributed by atoms with Crippen molar-refractivity contribution >= 4 is 16.0 Å². The van der Waals surface area contributed by atoms with Crippen molar-refractivity contribution in [3.8, 4) is 0 Å². The van der Waals surface area contributed by atoms with Crippen LogP contribution in [-0.2, 0) is 19.6 Å². The van der Waals surface area contributed by atoms with E-state index in [4.69, 9.17) is 0 Å². The maximum atomic E-state index is 11.6. The van der Waals surface area contributed by atoms with Crippen LogP contribution >= 0.6 is 0 Å². The predicted octanol–water partition coefficient (Wildman–Crippen LogP) is 0.807. The minimum atomic E-state index is -3.43. The Balaban J connectivity index is 2.81. The molecule has 2 N–H and O–H groups in total. The van der Waals surface area contributed by atoms with Crippen LogP contribution in [0.15, 0.2) is 29.2 Å². The van der Waals surface area contributed by atoms with E-state index in [2.05, 4.69) is 14.8 Å². The van der Waals surface area contributed by atoms with Crippen molar-refractivity contribution in [2.75, 3.05) is 14.2 Å². The largest absolute Gasteiger partial charge is 0.468 e. The maximum absolute atomic E-state index is 11.6. The fourth-order valence-corrected chi connectivity index (χ4v) is 2.50. The van der Waals surface area contributed by atoms with Crippen LogP contribution in [0.4, 0.5) is 0 Å². The lowest BCUT2D eigenvalue weighted by Gasteiger charge is -2.18. The van der Waals surface area contributed by atoms with Gasteiger partial charge in [-0.25, -0.2) is 13.1 Å². The Morgan fingerprint density at radius 2 is 1.75 bits per heavy atom. The van der Waals surface area contributed by atoms with Crippen molar-refractivity contribution in [3.63, 3.8) is 0 Å². The molecular formula is C13H20N2O4S. The van der Waals surface area contributed by atoms with Crippen LogP contribution < -0.4 is 10.0 Å². The van der Waals surface area contributed by atoms with Gasteiger partial charge in [0.25, 0.3) is 0 Å². The van der Waals surface area contributed by atoms with Crippen LogP contribution in [0, 0.1) is 0 Å². The van der Waals surface area contributed by atoms with Crippen molar-refractivity contribution in [2.24, 2.45) is 0 Å². The van der Waals surface area contributed by atoms with Crippen molar-refractivity contribution in [1.82, 2.24) is 10.0 Å². The van der Waals surface area contributed by atoms with Gasteiger partial charge >= 0.3 is 5.97 Å². The number of esters is 1. The number of carbonyl (C=O) groups is 1. The molecule has 1 aromatic rings. The van der Waals surface area contributed by atoms with Crippen molar-refractivity contribution in [3.05, 3.63) is 29.8 Å². The summed E-state index contributed by atoms with van der Waals surface area (Å²) in [6.07, 6.45) is 0. The minimum absolute atomic E-state index is 0.101. The zero-order valence-electron chi connectivity index (χ0n) is 12.0. The molecule has 0 fully saturated rings. The van der Waals surface area contributed by atoms with Gasteiger partial charge in [-0.3, -0.25) is 10.1 Å². The second-order valence-electron chi connectivity index (χ2n) is 4.41. The lowest BCUT2D eigenvalue weighted by Crippen LogP contribution is -2.36. The van der Waals surface area contributed by atoms with Crippen LogP contribution in [0.2, 0.25) is 0 Å². The van der Waals surface area contributed by atoms with Gasteiger partial charge in [0, 0.05) is 6.04 Å². The van der Waals surface area contributed by atoms with Crippen LogP contribution in [0.1, 0.15) is 25.5 Å². The van der Waals surface area contributed by atoms with E-state index in [0.717, 1.165) is 5.56 Å². The highest BCUT2D eigenvalue weighted by Gasteiger charge is 2.17. The molecule has 0 saturated carbocycles. The Bertz CT molecular complexity index is 554. The first kappa shape index (κ1) is 16.6. The van der Waals surface area contributed by atoms with E-state index in [1.54, 1.807) is 19.1 Å². The minimum Gasteiger partial charge on any atom is -0.468 e. The van der Waals surface area contributed by atoms with Gasteiger partial charge < -0.3 is 4.74 Å². The Kier molecular flexibility index (Phi) is 5.67. The maximum Gasteiger partial charge on any atom is 0.322 e. The standard InChI is InChI=1S/C13H20N2O4S/c1-9(15-10(2)13(16)19-4)11-5-7-12(8-6-11)20(17,18)14-3/h5-10,14-15H,1-4H3. The Labute approximate surface area is 119 Å². The lowest BCUT2D eigenvalue weighted by atomic mass is 10.1. The van der Waals surface area contributed by atoms with Gasteiger partial charge in [-0.15, -0.1) is 0 Å². The Hall–Kier alpha value is -1.44. The summed E-state index contributed by atoms with van der Waals surface area (Å²) in [4.78, 5) is 11.5. The summed E-state index contributed by atoms with van der Waals surface area (Å²) in [6, 6.07) is 5.95. The molecule has 1 rings (SSSR count). The van der Waals surface area contributed by atoms with Crippen molar-refractivity contribution in [2.45, 2.75) is 30.8 Å². The molecule has 2 unspecified atom stereocenters. The Morgan fingerprint density at radius 1 is 1.20 bits per heavy atom. The van der Waals surface area contributed by atoms with Gasteiger partial charge in [-0.1, -0.05) is 12.1 Å². The molecule has 0 radical (unpaired) electrons. The molecule has 0 bridgehead atoms. The average Bonchev–Trinajstić information content (AvgIpc) is 2.46. The monoisotopic (exact) mass is 300 g/mol. The number of methoxy groups -OCH3 is 1. The second-order valence-corrected chi connectivity index (χ2v) is 6.30. The fraction of sp³-hybridized carbons (Fsp3) is 0.462. The zero-order valence-corrected chi connectivity index (χ0v) is 12.8. The second kappa shape index (κ2) is 6.83. The molecule has 6 nitrogen and oxygen atoms in total. The van der Waals surface area contributed by atoms with Gasteiger partial charge in [-0.2, -0.15) is 0 Å². The third-order valence-electron chi connectivity index (χ3n) is 3.01. The molecule has 0 heterocycles. The van der Waals surface area contributed by atoms with Crippen LogP contribution in [0.5, 0.6) is 0 Å². The molecule has 0 spiro atoms. The summed E-state index contributed by atoms with van der Waals surface area (Å²) in [5.41, 5.74) is 0.885. The number of rotatable bonds is 6. The fourth-order valence-electron chi connectivity index (χ4n) is 1.77. The van der Waals surface area contributed by atoms with E-state index in [1.807, 2.05) is 6.92 Å². The van der Waals surface area contributed by atoms with E-state index >= 15 is 0 Å². The molecule has 2 atom stereocenters. The van der Waals surface area contributed by atoms with Gasteiger partial charge in [0.2, 0.25) is 10.0 Å². The Morgan fingerprint density at radius 3 is 2.20 bits per heavy atom.